The molecule has 0 aliphatic heterocycles. The molecule has 1 aromatic carbocycles. The number of hydrogen-bond donors (Lipinski definition) is 1. The summed E-state index contributed by atoms with van der Waals surface area (Å²) in [6, 6.07) is 7.40. The first-order chi connectivity index (χ1) is 8.69. The molecule has 0 spiro atoms. The minimum absolute atomic E-state index is 0.283. The standard InChI is InChI=1S/C13H16N2O3/c1-3-11(16)8-17-12-6-4-5-10(7-12)13-14-9(2)18-15-13/h4-7,11,16H,3,8H2,1-2H3. The van der Waals surface area contributed by atoms with Crippen LogP contribution in [0.5, 0.6) is 5.75 Å². The molecule has 0 saturated carbocycles. The van der Waals surface area contributed by atoms with Crippen LogP contribution in [0.3, 0.4) is 0 Å². The summed E-state index contributed by atoms with van der Waals surface area (Å²) in [6.45, 7) is 3.94. The summed E-state index contributed by atoms with van der Waals surface area (Å²) in [5, 5.41) is 13.3. The maximum Gasteiger partial charge on any atom is 0.223 e. The van der Waals surface area contributed by atoms with Crippen LogP contribution < -0.4 is 4.74 Å². The summed E-state index contributed by atoms with van der Waals surface area (Å²) >= 11 is 0. The average molecular weight is 248 g/mol. The maximum atomic E-state index is 9.44. The van der Waals surface area contributed by atoms with Crippen molar-refractivity contribution < 1.29 is 14.4 Å². The van der Waals surface area contributed by atoms with Crippen molar-refractivity contribution in [2.75, 3.05) is 6.61 Å². The molecule has 1 unspecified atom stereocenters. The molecule has 0 bridgehead atoms. The van der Waals surface area contributed by atoms with Crippen molar-refractivity contribution >= 4 is 0 Å². The van der Waals surface area contributed by atoms with Gasteiger partial charge in [-0.2, -0.15) is 4.98 Å². The third kappa shape index (κ3) is 3.07. The van der Waals surface area contributed by atoms with Gasteiger partial charge in [0.15, 0.2) is 0 Å². The summed E-state index contributed by atoms with van der Waals surface area (Å²) < 4.78 is 10.4. The largest absolute Gasteiger partial charge is 0.491 e. The maximum absolute atomic E-state index is 9.44. The van der Waals surface area contributed by atoms with Crippen LogP contribution >= 0.6 is 0 Å². The lowest BCUT2D eigenvalue weighted by atomic mass is 10.2. The van der Waals surface area contributed by atoms with Crippen LogP contribution in [0.25, 0.3) is 11.4 Å². The van der Waals surface area contributed by atoms with E-state index in [1.54, 1.807) is 6.92 Å². The van der Waals surface area contributed by atoms with E-state index in [2.05, 4.69) is 10.1 Å². The second-order valence-electron chi connectivity index (χ2n) is 4.04. The second kappa shape index (κ2) is 5.64. The van der Waals surface area contributed by atoms with Gasteiger partial charge in [-0.05, 0) is 18.6 Å². The van der Waals surface area contributed by atoms with E-state index >= 15 is 0 Å². The summed E-state index contributed by atoms with van der Waals surface area (Å²) in [5.74, 6) is 1.74. The Balaban J connectivity index is 2.10. The van der Waals surface area contributed by atoms with E-state index < -0.39 is 6.10 Å². The Morgan fingerprint density at radius 1 is 1.44 bits per heavy atom. The van der Waals surface area contributed by atoms with Crippen molar-refractivity contribution in [3.05, 3.63) is 30.2 Å². The molecular formula is C13H16N2O3. The quantitative estimate of drug-likeness (QED) is 0.878. The van der Waals surface area contributed by atoms with E-state index in [1.165, 1.54) is 0 Å². The zero-order valence-corrected chi connectivity index (χ0v) is 10.5. The van der Waals surface area contributed by atoms with Gasteiger partial charge in [-0.3, -0.25) is 0 Å². The van der Waals surface area contributed by atoms with Gasteiger partial charge in [0, 0.05) is 12.5 Å². The highest BCUT2D eigenvalue weighted by atomic mass is 16.5. The Hall–Kier alpha value is -1.88. The van der Waals surface area contributed by atoms with E-state index in [4.69, 9.17) is 9.26 Å². The fourth-order valence-electron chi connectivity index (χ4n) is 1.45. The number of aryl methyl sites for hydroxylation is 1. The first-order valence-electron chi connectivity index (χ1n) is 5.90. The van der Waals surface area contributed by atoms with E-state index in [1.807, 2.05) is 31.2 Å². The topological polar surface area (TPSA) is 68.4 Å². The van der Waals surface area contributed by atoms with Gasteiger partial charge in [0.2, 0.25) is 11.7 Å². The molecule has 5 nitrogen and oxygen atoms in total. The Labute approximate surface area is 105 Å². The molecule has 0 saturated heterocycles. The molecule has 2 rings (SSSR count). The van der Waals surface area contributed by atoms with E-state index in [0.29, 0.717) is 23.9 Å². The lowest BCUT2D eigenvalue weighted by Gasteiger charge is -2.10. The highest BCUT2D eigenvalue weighted by Gasteiger charge is 2.07. The molecular weight excluding hydrogens is 232 g/mol. The van der Waals surface area contributed by atoms with E-state index in [9.17, 15) is 5.11 Å². The summed E-state index contributed by atoms with van der Waals surface area (Å²) in [4.78, 5) is 4.15. The number of aliphatic hydroxyl groups excluding tert-OH is 1. The fraction of sp³-hybridized carbons (Fsp3) is 0.385. The van der Waals surface area contributed by atoms with Gasteiger partial charge in [0.25, 0.3) is 0 Å². The molecule has 1 N–H and O–H groups in total. The normalized spacial score (nSPS) is 12.4. The number of benzene rings is 1. The van der Waals surface area contributed by atoms with Gasteiger partial charge in [-0.1, -0.05) is 24.2 Å². The number of rotatable bonds is 5. The average Bonchev–Trinajstić information content (AvgIpc) is 2.83. The number of hydrogen-bond acceptors (Lipinski definition) is 5. The van der Waals surface area contributed by atoms with Crippen LogP contribution in [-0.2, 0) is 0 Å². The molecule has 1 aromatic heterocycles. The number of aliphatic hydroxyl groups is 1. The molecule has 0 aliphatic rings. The van der Waals surface area contributed by atoms with Crippen LogP contribution in [0.1, 0.15) is 19.2 Å². The first kappa shape index (κ1) is 12.6. The highest BCUT2D eigenvalue weighted by Crippen LogP contribution is 2.21. The van der Waals surface area contributed by atoms with Crippen LogP contribution in [0.4, 0.5) is 0 Å². The van der Waals surface area contributed by atoms with Crippen molar-refractivity contribution in [2.45, 2.75) is 26.4 Å². The summed E-state index contributed by atoms with van der Waals surface area (Å²) in [5.41, 5.74) is 0.829. The molecule has 5 heteroatoms. The third-order valence-electron chi connectivity index (χ3n) is 2.53. The Bertz CT molecular complexity index is 510. The lowest BCUT2D eigenvalue weighted by molar-refractivity contribution is 0.104. The van der Waals surface area contributed by atoms with Crippen LogP contribution in [0, 0.1) is 6.92 Å². The molecule has 18 heavy (non-hydrogen) atoms. The molecule has 0 amide bonds. The molecule has 2 aromatic rings. The van der Waals surface area contributed by atoms with Crippen molar-refractivity contribution in [1.82, 2.24) is 10.1 Å². The Morgan fingerprint density at radius 2 is 2.28 bits per heavy atom. The molecule has 0 aliphatic carbocycles. The third-order valence-corrected chi connectivity index (χ3v) is 2.53. The number of ether oxygens (including phenoxy) is 1. The fourth-order valence-corrected chi connectivity index (χ4v) is 1.45. The van der Waals surface area contributed by atoms with Gasteiger partial charge >= 0.3 is 0 Å². The van der Waals surface area contributed by atoms with Gasteiger partial charge in [-0.15, -0.1) is 0 Å². The molecule has 96 valence electrons. The molecule has 0 fully saturated rings. The Morgan fingerprint density at radius 3 is 2.94 bits per heavy atom. The smallest absolute Gasteiger partial charge is 0.223 e. The van der Waals surface area contributed by atoms with Crippen molar-refractivity contribution in [3.8, 4) is 17.1 Å². The zero-order valence-electron chi connectivity index (χ0n) is 10.5. The van der Waals surface area contributed by atoms with Gasteiger partial charge in [-0.25, -0.2) is 0 Å². The Kier molecular flexibility index (Phi) is 3.94. The monoisotopic (exact) mass is 248 g/mol. The van der Waals surface area contributed by atoms with Crippen molar-refractivity contribution in [2.24, 2.45) is 0 Å². The minimum Gasteiger partial charge on any atom is -0.491 e. The van der Waals surface area contributed by atoms with Crippen LogP contribution in [-0.4, -0.2) is 28.0 Å². The summed E-state index contributed by atoms with van der Waals surface area (Å²) in [7, 11) is 0. The molecule has 1 heterocycles. The predicted octanol–water partition coefficient (Wildman–Crippen LogP) is 2.19. The van der Waals surface area contributed by atoms with E-state index in [-0.39, 0.29) is 6.61 Å². The molecule has 0 radical (unpaired) electrons. The van der Waals surface area contributed by atoms with Crippen LogP contribution in [0.15, 0.2) is 28.8 Å². The van der Waals surface area contributed by atoms with Crippen molar-refractivity contribution in [3.63, 3.8) is 0 Å². The highest BCUT2D eigenvalue weighted by molar-refractivity contribution is 5.56. The molecule has 1 atom stereocenters. The van der Waals surface area contributed by atoms with Crippen LogP contribution in [0.2, 0.25) is 0 Å². The number of aromatic nitrogens is 2. The van der Waals surface area contributed by atoms with E-state index in [0.717, 1.165) is 5.56 Å². The SMILES string of the molecule is CCC(O)COc1cccc(-c2noc(C)n2)c1. The summed E-state index contributed by atoms with van der Waals surface area (Å²) in [6.07, 6.45) is 0.227. The van der Waals surface area contributed by atoms with Crippen molar-refractivity contribution in [1.29, 1.82) is 0 Å². The number of nitrogens with zero attached hydrogens (tertiary/aromatic N) is 2. The predicted molar refractivity (Wildman–Crippen MR) is 66.3 cm³/mol. The minimum atomic E-state index is -0.443. The first-order valence-corrected chi connectivity index (χ1v) is 5.90. The zero-order chi connectivity index (χ0) is 13.0. The van der Waals surface area contributed by atoms with Gasteiger partial charge in [0.1, 0.15) is 12.4 Å². The lowest BCUT2D eigenvalue weighted by Crippen LogP contribution is -2.15. The second-order valence-corrected chi connectivity index (χ2v) is 4.04. The van der Waals surface area contributed by atoms with Gasteiger partial charge < -0.3 is 14.4 Å². The van der Waals surface area contributed by atoms with Gasteiger partial charge in [0.05, 0.1) is 6.10 Å².